The van der Waals surface area contributed by atoms with Crippen LogP contribution in [0.1, 0.15) is 32.5 Å². The zero-order valence-electron chi connectivity index (χ0n) is 11.2. The van der Waals surface area contributed by atoms with Crippen molar-refractivity contribution in [3.63, 3.8) is 0 Å². The summed E-state index contributed by atoms with van der Waals surface area (Å²) in [6.45, 7) is 7.85. The Morgan fingerprint density at radius 3 is 2.47 bits per heavy atom. The number of anilines is 1. The Morgan fingerprint density at radius 2 is 2.06 bits per heavy atom. The topological polar surface area (TPSA) is 51.4 Å². The fraction of sp³-hybridized carbons (Fsp3) is 0.615. The van der Waals surface area contributed by atoms with Crippen LogP contribution in [0.4, 0.5) is 5.69 Å². The van der Waals surface area contributed by atoms with Crippen LogP contribution in [0.25, 0.3) is 0 Å². The minimum atomic E-state index is -0.0180. The number of nitrogens with two attached hydrogens (primary N) is 1. The molecule has 1 heterocycles. The predicted octanol–water partition coefficient (Wildman–Crippen LogP) is 1.96. The maximum absolute atomic E-state index is 5.78. The fourth-order valence-electron chi connectivity index (χ4n) is 1.71. The van der Waals surface area contributed by atoms with Crippen LogP contribution in [0.15, 0.2) is 18.3 Å². The molecule has 0 aliphatic heterocycles. The molecule has 0 bridgehead atoms. The second-order valence-corrected chi connectivity index (χ2v) is 4.51. The summed E-state index contributed by atoms with van der Waals surface area (Å²) >= 11 is 0. The lowest BCUT2D eigenvalue weighted by Gasteiger charge is -2.28. The molecule has 0 saturated carbocycles. The summed E-state index contributed by atoms with van der Waals surface area (Å²) in [7, 11) is 1.72. The van der Waals surface area contributed by atoms with E-state index in [1.165, 1.54) is 0 Å². The highest BCUT2D eigenvalue weighted by Gasteiger charge is 2.11. The van der Waals surface area contributed by atoms with Gasteiger partial charge in [-0.15, -0.1) is 0 Å². The number of ether oxygens (including phenoxy) is 1. The smallest absolute Gasteiger partial charge is 0.0637 e. The number of hydrogen-bond donors (Lipinski definition) is 1. The SMILES string of the molecule is COCCN(c1ccc(C(C)N)nc1)C(C)C. The first-order valence-electron chi connectivity index (χ1n) is 6.03. The van der Waals surface area contributed by atoms with Gasteiger partial charge in [0.25, 0.3) is 0 Å². The summed E-state index contributed by atoms with van der Waals surface area (Å²) in [5.41, 5.74) is 7.82. The average Bonchev–Trinajstić information content (AvgIpc) is 2.29. The highest BCUT2D eigenvalue weighted by molar-refractivity contribution is 5.45. The molecule has 1 unspecified atom stereocenters. The third kappa shape index (κ3) is 3.98. The van der Waals surface area contributed by atoms with E-state index in [1.807, 2.05) is 19.2 Å². The molecule has 17 heavy (non-hydrogen) atoms. The van der Waals surface area contributed by atoms with Crippen molar-refractivity contribution in [1.29, 1.82) is 0 Å². The molecular formula is C13H23N3O. The van der Waals surface area contributed by atoms with Crippen LogP contribution in [0.5, 0.6) is 0 Å². The van der Waals surface area contributed by atoms with Gasteiger partial charge in [-0.25, -0.2) is 0 Å². The van der Waals surface area contributed by atoms with Crippen molar-refractivity contribution in [3.05, 3.63) is 24.0 Å². The second-order valence-electron chi connectivity index (χ2n) is 4.51. The first kappa shape index (κ1) is 13.9. The number of aromatic nitrogens is 1. The zero-order valence-corrected chi connectivity index (χ0v) is 11.2. The number of rotatable bonds is 6. The molecule has 0 aliphatic rings. The largest absolute Gasteiger partial charge is 0.383 e. The minimum absolute atomic E-state index is 0.0180. The van der Waals surface area contributed by atoms with Crippen LogP contribution in [0.3, 0.4) is 0 Å². The quantitative estimate of drug-likeness (QED) is 0.821. The van der Waals surface area contributed by atoms with Gasteiger partial charge in [0.2, 0.25) is 0 Å². The van der Waals surface area contributed by atoms with E-state index in [9.17, 15) is 0 Å². The Kier molecular flexibility index (Phi) is 5.38. The van der Waals surface area contributed by atoms with E-state index >= 15 is 0 Å². The molecule has 1 aromatic heterocycles. The third-order valence-electron chi connectivity index (χ3n) is 2.73. The van der Waals surface area contributed by atoms with Crippen molar-refractivity contribution >= 4 is 5.69 Å². The summed E-state index contributed by atoms with van der Waals surface area (Å²) < 4.78 is 5.12. The van der Waals surface area contributed by atoms with Crippen LogP contribution in [-0.4, -0.2) is 31.3 Å². The molecule has 96 valence electrons. The van der Waals surface area contributed by atoms with Gasteiger partial charge >= 0.3 is 0 Å². The lowest BCUT2D eigenvalue weighted by molar-refractivity contribution is 0.204. The van der Waals surface area contributed by atoms with Crippen molar-refractivity contribution in [3.8, 4) is 0 Å². The molecule has 1 atom stereocenters. The highest BCUT2D eigenvalue weighted by Crippen LogP contribution is 2.17. The number of hydrogen-bond acceptors (Lipinski definition) is 4. The van der Waals surface area contributed by atoms with Crippen LogP contribution >= 0.6 is 0 Å². The third-order valence-corrected chi connectivity index (χ3v) is 2.73. The highest BCUT2D eigenvalue weighted by atomic mass is 16.5. The van der Waals surface area contributed by atoms with Gasteiger partial charge in [-0.3, -0.25) is 4.98 Å². The molecule has 1 rings (SSSR count). The van der Waals surface area contributed by atoms with E-state index in [0.29, 0.717) is 12.6 Å². The van der Waals surface area contributed by atoms with E-state index < -0.39 is 0 Å². The van der Waals surface area contributed by atoms with Gasteiger partial charge in [0.15, 0.2) is 0 Å². The lowest BCUT2D eigenvalue weighted by atomic mass is 10.2. The number of methoxy groups -OCH3 is 1. The van der Waals surface area contributed by atoms with Crippen molar-refractivity contribution in [2.24, 2.45) is 5.73 Å². The molecule has 0 fully saturated rings. The van der Waals surface area contributed by atoms with Crippen LogP contribution in [0, 0.1) is 0 Å². The van der Waals surface area contributed by atoms with E-state index in [-0.39, 0.29) is 6.04 Å². The summed E-state index contributed by atoms with van der Waals surface area (Å²) in [4.78, 5) is 6.65. The second kappa shape index (κ2) is 6.57. The lowest BCUT2D eigenvalue weighted by Crippen LogP contribution is -2.33. The summed E-state index contributed by atoms with van der Waals surface area (Å²) in [5, 5.41) is 0. The molecule has 0 saturated heterocycles. The molecule has 2 N–H and O–H groups in total. The van der Waals surface area contributed by atoms with Gasteiger partial charge in [-0.2, -0.15) is 0 Å². The molecule has 4 nitrogen and oxygen atoms in total. The van der Waals surface area contributed by atoms with E-state index in [0.717, 1.165) is 17.9 Å². The Hall–Kier alpha value is -1.13. The van der Waals surface area contributed by atoms with Crippen LogP contribution in [-0.2, 0) is 4.74 Å². The Morgan fingerprint density at radius 1 is 1.35 bits per heavy atom. The maximum atomic E-state index is 5.78. The maximum Gasteiger partial charge on any atom is 0.0637 e. The average molecular weight is 237 g/mol. The van der Waals surface area contributed by atoms with Gasteiger partial charge in [-0.1, -0.05) is 0 Å². The van der Waals surface area contributed by atoms with Crippen molar-refractivity contribution in [2.75, 3.05) is 25.2 Å². The summed E-state index contributed by atoms with van der Waals surface area (Å²) in [5.74, 6) is 0. The fourth-order valence-corrected chi connectivity index (χ4v) is 1.71. The normalized spacial score (nSPS) is 12.8. The molecule has 0 amide bonds. The standard InChI is InChI=1S/C13H23N3O/c1-10(2)16(7-8-17-4)12-5-6-13(11(3)14)15-9-12/h5-6,9-11H,7-8,14H2,1-4H3. The molecule has 0 radical (unpaired) electrons. The van der Waals surface area contributed by atoms with Crippen LogP contribution < -0.4 is 10.6 Å². The van der Waals surface area contributed by atoms with Gasteiger partial charge in [0.05, 0.1) is 24.2 Å². The Balaban J connectivity index is 2.80. The zero-order chi connectivity index (χ0) is 12.8. The predicted molar refractivity (Wildman–Crippen MR) is 71.2 cm³/mol. The molecule has 0 spiro atoms. The molecule has 4 heteroatoms. The van der Waals surface area contributed by atoms with Crippen molar-refractivity contribution in [2.45, 2.75) is 32.9 Å². The molecule has 1 aromatic rings. The number of pyridine rings is 1. The molecule has 0 aliphatic carbocycles. The first-order valence-corrected chi connectivity index (χ1v) is 6.03. The molecular weight excluding hydrogens is 214 g/mol. The van der Waals surface area contributed by atoms with Gasteiger partial charge in [0, 0.05) is 25.7 Å². The Labute approximate surface area is 104 Å². The van der Waals surface area contributed by atoms with Gasteiger partial charge < -0.3 is 15.4 Å². The monoisotopic (exact) mass is 237 g/mol. The van der Waals surface area contributed by atoms with Crippen molar-refractivity contribution < 1.29 is 4.74 Å². The van der Waals surface area contributed by atoms with Crippen molar-refractivity contribution in [1.82, 2.24) is 4.98 Å². The van der Waals surface area contributed by atoms with E-state index in [4.69, 9.17) is 10.5 Å². The summed E-state index contributed by atoms with van der Waals surface area (Å²) in [6, 6.07) is 4.47. The first-order chi connectivity index (χ1) is 8.06. The van der Waals surface area contributed by atoms with E-state index in [2.05, 4.69) is 29.8 Å². The molecule has 0 aromatic carbocycles. The minimum Gasteiger partial charge on any atom is -0.383 e. The van der Waals surface area contributed by atoms with E-state index in [1.54, 1.807) is 7.11 Å². The van der Waals surface area contributed by atoms with Gasteiger partial charge in [-0.05, 0) is 32.9 Å². The van der Waals surface area contributed by atoms with Crippen LogP contribution in [0.2, 0.25) is 0 Å². The summed E-state index contributed by atoms with van der Waals surface area (Å²) in [6.07, 6.45) is 1.88. The number of nitrogens with zero attached hydrogens (tertiary/aromatic N) is 2. The Bertz CT molecular complexity index is 322. The van der Waals surface area contributed by atoms with Gasteiger partial charge in [0.1, 0.15) is 0 Å².